The minimum absolute atomic E-state index is 0.00937. The van der Waals surface area contributed by atoms with Crippen LogP contribution in [-0.4, -0.2) is 26.3 Å². The molecule has 1 N–H and O–H groups in total. The van der Waals surface area contributed by atoms with E-state index in [0.717, 1.165) is 16.8 Å². The van der Waals surface area contributed by atoms with E-state index < -0.39 is 5.97 Å². The fraction of sp³-hybridized carbons (Fsp3) is 0.200. The van der Waals surface area contributed by atoms with Gasteiger partial charge in [-0.3, -0.25) is 0 Å². The molecular formula is C15H15N3O2. The number of rotatable bonds is 3. The van der Waals surface area contributed by atoms with Crippen LogP contribution in [0.15, 0.2) is 18.7 Å². The first-order valence-electron chi connectivity index (χ1n) is 6.12. The molecule has 2 rings (SSSR count). The molecule has 0 aromatic carbocycles. The quantitative estimate of drug-likeness (QED) is 0.927. The summed E-state index contributed by atoms with van der Waals surface area (Å²) in [7, 11) is 0. The summed E-state index contributed by atoms with van der Waals surface area (Å²) in [5, 5.41) is 17.4. The molecule has 0 unspecified atom stereocenters. The van der Waals surface area contributed by atoms with Crippen molar-refractivity contribution in [2.24, 2.45) is 0 Å². The van der Waals surface area contributed by atoms with E-state index in [1.54, 1.807) is 13.0 Å². The summed E-state index contributed by atoms with van der Waals surface area (Å²) in [6, 6.07) is 3.42. The highest BCUT2D eigenvalue weighted by atomic mass is 16.4. The number of carboxylic acids is 1. The second kappa shape index (κ2) is 5.21. The molecule has 0 saturated heterocycles. The number of nitrogens with zero attached hydrogens (tertiary/aromatic N) is 3. The molecule has 0 aliphatic heterocycles. The maximum absolute atomic E-state index is 11.2. The molecule has 2 aromatic rings. The Kier molecular flexibility index (Phi) is 3.61. The van der Waals surface area contributed by atoms with Crippen LogP contribution >= 0.6 is 0 Å². The molecule has 0 bridgehead atoms. The Morgan fingerprint density at radius 1 is 1.25 bits per heavy atom. The average Bonchev–Trinajstić information content (AvgIpc) is 2.37. The highest BCUT2D eigenvalue weighted by Gasteiger charge is 2.16. The van der Waals surface area contributed by atoms with Gasteiger partial charge >= 0.3 is 5.97 Å². The Bertz CT molecular complexity index is 709. The fourth-order valence-electron chi connectivity index (χ4n) is 2.13. The van der Waals surface area contributed by atoms with Gasteiger partial charge in [-0.15, -0.1) is 5.10 Å². The molecule has 5 heteroatoms. The van der Waals surface area contributed by atoms with Gasteiger partial charge < -0.3 is 5.11 Å². The molecule has 0 spiro atoms. The lowest BCUT2D eigenvalue weighted by Crippen LogP contribution is -2.06. The molecule has 2 heterocycles. The first-order chi connectivity index (χ1) is 9.43. The lowest BCUT2D eigenvalue weighted by atomic mass is 9.99. The van der Waals surface area contributed by atoms with Crippen molar-refractivity contribution in [1.29, 1.82) is 0 Å². The molecule has 0 atom stereocenters. The van der Waals surface area contributed by atoms with Crippen LogP contribution in [0.1, 0.15) is 33.0 Å². The fourth-order valence-corrected chi connectivity index (χ4v) is 2.13. The molecule has 0 aliphatic rings. The maximum atomic E-state index is 11.2. The second-order valence-electron chi connectivity index (χ2n) is 4.58. The Morgan fingerprint density at radius 3 is 2.50 bits per heavy atom. The van der Waals surface area contributed by atoms with Crippen LogP contribution in [0.4, 0.5) is 0 Å². The Hall–Kier alpha value is -2.56. The summed E-state index contributed by atoms with van der Waals surface area (Å²) in [4.78, 5) is 15.2. The van der Waals surface area contributed by atoms with Crippen LogP contribution in [0.5, 0.6) is 0 Å². The van der Waals surface area contributed by atoms with E-state index in [2.05, 4.69) is 21.8 Å². The van der Waals surface area contributed by atoms with Crippen molar-refractivity contribution >= 4 is 12.0 Å². The minimum Gasteiger partial charge on any atom is -0.477 e. The van der Waals surface area contributed by atoms with Crippen LogP contribution in [0.2, 0.25) is 0 Å². The molecule has 2 aromatic heterocycles. The van der Waals surface area contributed by atoms with Gasteiger partial charge in [0.1, 0.15) is 5.69 Å². The van der Waals surface area contributed by atoms with E-state index in [-0.39, 0.29) is 5.69 Å². The monoisotopic (exact) mass is 269 g/mol. The van der Waals surface area contributed by atoms with Crippen molar-refractivity contribution in [3.05, 3.63) is 46.9 Å². The third-order valence-electron chi connectivity index (χ3n) is 3.03. The SMILES string of the molecule is C=Cc1c(-c2nnc(C)cc2C)cc(C(=O)O)nc1C. The summed E-state index contributed by atoms with van der Waals surface area (Å²) < 4.78 is 0. The van der Waals surface area contributed by atoms with Gasteiger partial charge in [0.25, 0.3) is 0 Å². The van der Waals surface area contributed by atoms with E-state index in [4.69, 9.17) is 5.11 Å². The zero-order valence-electron chi connectivity index (χ0n) is 11.6. The predicted octanol–water partition coefficient (Wildman–Crippen LogP) is 2.81. The van der Waals surface area contributed by atoms with Crippen molar-refractivity contribution in [1.82, 2.24) is 15.2 Å². The van der Waals surface area contributed by atoms with Gasteiger partial charge in [0.15, 0.2) is 0 Å². The topological polar surface area (TPSA) is 76.0 Å². The highest BCUT2D eigenvalue weighted by molar-refractivity contribution is 5.89. The average molecular weight is 269 g/mol. The van der Waals surface area contributed by atoms with Gasteiger partial charge in [-0.2, -0.15) is 5.10 Å². The predicted molar refractivity (Wildman–Crippen MR) is 76.5 cm³/mol. The van der Waals surface area contributed by atoms with Gasteiger partial charge in [0, 0.05) is 16.8 Å². The zero-order chi connectivity index (χ0) is 14.9. The van der Waals surface area contributed by atoms with E-state index in [1.165, 1.54) is 6.07 Å². The lowest BCUT2D eigenvalue weighted by Gasteiger charge is -2.11. The molecular weight excluding hydrogens is 254 g/mol. The van der Waals surface area contributed by atoms with Crippen molar-refractivity contribution < 1.29 is 9.90 Å². The number of hydrogen-bond acceptors (Lipinski definition) is 4. The standard InChI is InChI=1S/C15H15N3O2/c1-5-11-10(4)16-13(15(19)20)7-12(11)14-8(2)6-9(3)17-18-14/h5-7H,1H2,2-4H3,(H,19,20). The molecule has 102 valence electrons. The molecule has 20 heavy (non-hydrogen) atoms. The van der Waals surface area contributed by atoms with Gasteiger partial charge in [0.05, 0.1) is 11.4 Å². The molecule has 0 radical (unpaired) electrons. The zero-order valence-corrected chi connectivity index (χ0v) is 11.6. The first-order valence-corrected chi connectivity index (χ1v) is 6.12. The Labute approximate surface area is 117 Å². The van der Waals surface area contributed by atoms with E-state index in [0.29, 0.717) is 17.0 Å². The number of aromatic carboxylic acids is 1. The molecule has 0 aliphatic carbocycles. The molecule has 0 fully saturated rings. The van der Waals surface area contributed by atoms with Crippen molar-refractivity contribution in [3.63, 3.8) is 0 Å². The van der Waals surface area contributed by atoms with Gasteiger partial charge in [-0.05, 0) is 38.5 Å². The Morgan fingerprint density at radius 2 is 1.95 bits per heavy atom. The van der Waals surface area contributed by atoms with Gasteiger partial charge in [0.2, 0.25) is 0 Å². The van der Waals surface area contributed by atoms with Crippen LogP contribution in [0, 0.1) is 20.8 Å². The number of aromatic nitrogens is 3. The van der Waals surface area contributed by atoms with Crippen molar-refractivity contribution in [2.45, 2.75) is 20.8 Å². The number of hydrogen-bond donors (Lipinski definition) is 1. The highest BCUT2D eigenvalue weighted by Crippen LogP contribution is 2.28. The third kappa shape index (κ3) is 2.42. The summed E-state index contributed by atoms with van der Waals surface area (Å²) >= 11 is 0. The van der Waals surface area contributed by atoms with Crippen LogP contribution < -0.4 is 0 Å². The molecule has 0 saturated carbocycles. The first kappa shape index (κ1) is 13.9. The lowest BCUT2D eigenvalue weighted by molar-refractivity contribution is 0.0690. The summed E-state index contributed by atoms with van der Waals surface area (Å²) in [6.07, 6.45) is 1.66. The molecule has 5 nitrogen and oxygen atoms in total. The van der Waals surface area contributed by atoms with Crippen molar-refractivity contribution in [3.8, 4) is 11.3 Å². The number of aryl methyl sites for hydroxylation is 3. The normalized spacial score (nSPS) is 10.3. The van der Waals surface area contributed by atoms with E-state index >= 15 is 0 Å². The van der Waals surface area contributed by atoms with Crippen LogP contribution in [-0.2, 0) is 0 Å². The second-order valence-corrected chi connectivity index (χ2v) is 4.58. The maximum Gasteiger partial charge on any atom is 0.354 e. The number of pyridine rings is 1. The third-order valence-corrected chi connectivity index (χ3v) is 3.03. The van der Waals surface area contributed by atoms with E-state index in [1.807, 2.05) is 19.9 Å². The summed E-state index contributed by atoms with van der Waals surface area (Å²) in [6.45, 7) is 9.29. The van der Waals surface area contributed by atoms with Crippen LogP contribution in [0.3, 0.4) is 0 Å². The molecule has 0 amide bonds. The summed E-state index contributed by atoms with van der Waals surface area (Å²) in [5.41, 5.74) is 4.46. The number of carbonyl (C=O) groups is 1. The smallest absolute Gasteiger partial charge is 0.354 e. The van der Waals surface area contributed by atoms with Crippen molar-refractivity contribution in [2.75, 3.05) is 0 Å². The number of carboxylic acid groups (broad SMARTS) is 1. The minimum atomic E-state index is -1.07. The Balaban J connectivity index is 2.77. The van der Waals surface area contributed by atoms with Gasteiger partial charge in [-0.1, -0.05) is 12.7 Å². The van der Waals surface area contributed by atoms with Gasteiger partial charge in [-0.25, -0.2) is 9.78 Å². The summed E-state index contributed by atoms with van der Waals surface area (Å²) in [5.74, 6) is -1.07. The van der Waals surface area contributed by atoms with Crippen LogP contribution in [0.25, 0.3) is 17.3 Å². The largest absolute Gasteiger partial charge is 0.477 e. The van der Waals surface area contributed by atoms with E-state index in [9.17, 15) is 4.79 Å².